The summed E-state index contributed by atoms with van der Waals surface area (Å²) < 4.78 is 35.6. The molecule has 0 aromatic carbocycles. The molecular formula is C11H18F3N. The molecule has 88 valence electrons. The second-order valence-electron chi connectivity index (χ2n) is 2.19. The van der Waals surface area contributed by atoms with Gasteiger partial charge in [0.15, 0.2) is 0 Å². The quantitative estimate of drug-likeness (QED) is 0.630. The van der Waals surface area contributed by atoms with Crippen LogP contribution >= 0.6 is 0 Å². The Bertz CT molecular complexity index is 239. The summed E-state index contributed by atoms with van der Waals surface area (Å²) >= 11 is 0. The Morgan fingerprint density at radius 3 is 1.73 bits per heavy atom. The van der Waals surface area contributed by atoms with Crippen molar-refractivity contribution in [3.63, 3.8) is 0 Å². The van der Waals surface area contributed by atoms with E-state index in [0.717, 1.165) is 12.3 Å². The Morgan fingerprint density at radius 2 is 1.47 bits per heavy atom. The molecule has 0 fully saturated rings. The van der Waals surface area contributed by atoms with Gasteiger partial charge in [0.25, 0.3) is 0 Å². The van der Waals surface area contributed by atoms with E-state index >= 15 is 0 Å². The summed E-state index contributed by atoms with van der Waals surface area (Å²) in [6.45, 7) is 9.64. The second kappa shape index (κ2) is 8.26. The Labute approximate surface area is 89.3 Å². The topological polar surface area (TPSA) is 12.9 Å². The van der Waals surface area contributed by atoms with Crippen LogP contribution in [0.15, 0.2) is 18.3 Å². The molecule has 1 heterocycles. The zero-order valence-electron chi connectivity index (χ0n) is 9.81. The summed E-state index contributed by atoms with van der Waals surface area (Å²) in [5.74, 6) is 0. The van der Waals surface area contributed by atoms with E-state index in [1.807, 2.05) is 27.7 Å². The van der Waals surface area contributed by atoms with E-state index in [4.69, 9.17) is 0 Å². The van der Waals surface area contributed by atoms with Crippen LogP contribution in [0.25, 0.3) is 0 Å². The molecule has 1 nitrogen and oxygen atoms in total. The molecule has 0 bridgehead atoms. The first-order valence-corrected chi connectivity index (χ1v) is 5.00. The average molecular weight is 221 g/mol. The molecule has 1 aromatic rings. The van der Waals surface area contributed by atoms with Crippen LogP contribution in [0, 0.1) is 6.92 Å². The average Bonchev–Trinajstić information content (AvgIpc) is 2.23. The van der Waals surface area contributed by atoms with Crippen molar-refractivity contribution in [2.75, 3.05) is 0 Å². The first-order valence-electron chi connectivity index (χ1n) is 5.00. The monoisotopic (exact) mass is 221 g/mol. The lowest BCUT2D eigenvalue weighted by Crippen LogP contribution is -2.05. The van der Waals surface area contributed by atoms with Gasteiger partial charge in [0.1, 0.15) is 0 Å². The molecule has 0 amide bonds. The minimum atomic E-state index is -4.28. The molecule has 0 unspecified atom stereocenters. The summed E-state index contributed by atoms with van der Waals surface area (Å²) in [6.07, 6.45) is -3.45. The zero-order chi connectivity index (χ0) is 12.5. The molecule has 0 aliphatic carbocycles. The van der Waals surface area contributed by atoms with Crippen LogP contribution in [0.5, 0.6) is 0 Å². The van der Waals surface area contributed by atoms with Crippen molar-refractivity contribution < 1.29 is 13.2 Å². The smallest absolute Gasteiger partial charge is 0.261 e. The predicted octanol–water partition coefficient (Wildman–Crippen LogP) is 4.46. The molecule has 0 saturated heterocycles. The van der Waals surface area contributed by atoms with E-state index in [1.165, 1.54) is 6.07 Å². The maximum absolute atomic E-state index is 11.9. The molecule has 15 heavy (non-hydrogen) atoms. The van der Waals surface area contributed by atoms with E-state index in [1.54, 1.807) is 6.92 Å². The Hall–Kier alpha value is -1.06. The van der Waals surface area contributed by atoms with Crippen molar-refractivity contribution in [1.82, 2.24) is 4.98 Å². The molecule has 0 spiro atoms. The van der Waals surface area contributed by atoms with Crippen LogP contribution in [-0.4, -0.2) is 4.98 Å². The standard InChI is InChI=1S/C7H6F3N.2C2H6/c1-5-2-3-6(4-11-5)7(8,9)10;2*1-2/h2-4H,1H3;2*1-2H3. The number of pyridine rings is 1. The van der Waals surface area contributed by atoms with Gasteiger partial charge in [-0.25, -0.2) is 0 Å². The Morgan fingerprint density at radius 1 is 1.00 bits per heavy atom. The molecule has 1 aromatic heterocycles. The fourth-order valence-corrected chi connectivity index (χ4v) is 0.635. The number of nitrogens with zero attached hydrogens (tertiary/aromatic N) is 1. The first kappa shape index (κ1) is 16.4. The summed E-state index contributed by atoms with van der Waals surface area (Å²) in [5.41, 5.74) is -0.124. The molecule has 0 aliphatic heterocycles. The normalized spacial score (nSPS) is 9.33. The van der Waals surface area contributed by atoms with Crippen molar-refractivity contribution in [3.8, 4) is 0 Å². The van der Waals surface area contributed by atoms with Crippen LogP contribution in [0.4, 0.5) is 13.2 Å². The number of alkyl halides is 3. The van der Waals surface area contributed by atoms with Gasteiger partial charge in [0.2, 0.25) is 0 Å². The largest absolute Gasteiger partial charge is 0.417 e. The molecular weight excluding hydrogens is 203 g/mol. The molecule has 0 aliphatic rings. The first-order chi connectivity index (χ1) is 7.00. The summed E-state index contributed by atoms with van der Waals surface area (Å²) in [4.78, 5) is 3.53. The van der Waals surface area contributed by atoms with Crippen molar-refractivity contribution in [3.05, 3.63) is 29.6 Å². The van der Waals surface area contributed by atoms with Crippen molar-refractivity contribution >= 4 is 0 Å². The third kappa shape index (κ3) is 6.94. The highest BCUT2D eigenvalue weighted by Gasteiger charge is 2.30. The van der Waals surface area contributed by atoms with Crippen LogP contribution in [0.1, 0.15) is 39.0 Å². The van der Waals surface area contributed by atoms with E-state index in [2.05, 4.69) is 4.98 Å². The SMILES string of the molecule is CC.CC.Cc1ccc(C(F)(F)F)cn1. The van der Waals surface area contributed by atoms with Gasteiger partial charge in [-0.1, -0.05) is 27.7 Å². The maximum Gasteiger partial charge on any atom is 0.417 e. The fourth-order valence-electron chi connectivity index (χ4n) is 0.635. The minimum absolute atomic E-state index is 0.581. The van der Waals surface area contributed by atoms with Crippen LogP contribution < -0.4 is 0 Å². The summed E-state index contributed by atoms with van der Waals surface area (Å²) in [6, 6.07) is 2.35. The van der Waals surface area contributed by atoms with Crippen LogP contribution in [0.3, 0.4) is 0 Å². The van der Waals surface area contributed by atoms with Gasteiger partial charge in [-0.3, -0.25) is 4.98 Å². The second-order valence-corrected chi connectivity index (χ2v) is 2.19. The number of aromatic nitrogens is 1. The zero-order valence-corrected chi connectivity index (χ0v) is 9.81. The number of rotatable bonds is 0. The summed E-state index contributed by atoms with van der Waals surface area (Å²) in [5, 5.41) is 0. The van der Waals surface area contributed by atoms with Gasteiger partial charge in [0, 0.05) is 11.9 Å². The summed E-state index contributed by atoms with van der Waals surface area (Å²) in [7, 11) is 0. The van der Waals surface area contributed by atoms with E-state index in [-0.39, 0.29) is 0 Å². The Balaban J connectivity index is 0. The number of aryl methyl sites for hydroxylation is 1. The van der Waals surface area contributed by atoms with Gasteiger partial charge in [-0.2, -0.15) is 13.2 Å². The molecule has 1 rings (SSSR count). The lowest BCUT2D eigenvalue weighted by atomic mass is 10.2. The highest BCUT2D eigenvalue weighted by molar-refractivity contribution is 5.15. The maximum atomic E-state index is 11.9. The van der Waals surface area contributed by atoms with E-state index in [9.17, 15) is 13.2 Å². The van der Waals surface area contributed by atoms with E-state index < -0.39 is 11.7 Å². The number of hydrogen-bond donors (Lipinski definition) is 0. The van der Waals surface area contributed by atoms with Crippen LogP contribution in [-0.2, 0) is 6.18 Å². The van der Waals surface area contributed by atoms with Gasteiger partial charge in [-0.05, 0) is 19.1 Å². The third-order valence-electron chi connectivity index (χ3n) is 1.24. The Kier molecular flexibility index (Phi) is 9.02. The minimum Gasteiger partial charge on any atom is -0.261 e. The highest BCUT2D eigenvalue weighted by atomic mass is 19.4. The van der Waals surface area contributed by atoms with Gasteiger partial charge < -0.3 is 0 Å². The predicted molar refractivity (Wildman–Crippen MR) is 56.7 cm³/mol. The molecule has 0 radical (unpaired) electrons. The third-order valence-corrected chi connectivity index (χ3v) is 1.24. The number of hydrogen-bond acceptors (Lipinski definition) is 1. The molecule has 0 N–H and O–H groups in total. The number of halogens is 3. The fraction of sp³-hybridized carbons (Fsp3) is 0.545. The van der Waals surface area contributed by atoms with Gasteiger partial charge in [0.05, 0.1) is 5.56 Å². The molecule has 0 saturated carbocycles. The van der Waals surface area contributed by atoms with Crippen molar-refractivity contribution in [2.24, 2.45) is 0 Å². The highest BCUT2D eigenvalue weighted by Crippen LogP contribution is 2.28. The van der Waals surface area contributed by atoms with Crippen molar-refractivity contribution in [1.29, 1.82) is 0 Å². The molecule has 4 heteroatoms. The van der Waals surface area contributed by atoms with Crippen LogP contribution in [0.2, 0.25) is 0 Å². The van der Waals surface area contributed by atoms with Gasteiger partial charge in [-0.15, -0.1) is 0 Å². The van der Waals surface area contributed by atoms with Gasteiger partial charge >= 0.3 is 6.18 Å². The lowest BCUT2D eigenvalue weighted by molar-refractivity contribution is -0.137. The molecule has 0 atom stereocenters. The lowest BCUT2D eigenvalue weighted by Gasteiger charge is -2.04. The van der Waals surface area contributed by atoms with E-state index in [0.29, 0.717) is 5.69 Å². The van der Waals surface area contributed by atoms with Crippen molar-refractivity contribution in [2.45, 2.75) is 40.8 Å².